The Morgan fingerprint density at radius 3 is 2.10 bits per heavy atom. The monoisotopic (exact) mass is 431 g/mol. The molecule has 4 rings (SSSR count). The molecule has 1 atom stereocenters. The van der Waals surface area contributed by atoms with Gasteiger partial charge in [-0.15, -0.1) is 0 Å². The fraction of sp³-hybridized carbons (Fsp3) is 0.667. The van der Waals surface area contributed by atoms with E-state index < -0.39 is 0 Å². The lowest BCUT2D eigenvalue weighted by atomic mass is 9.88. The molecular weight excluding hydrogens is 398 g/mol. The number of halogens is 1. The molecule has 6 heteroatoms. The largest absolute Gasteiger partial charge is 0.340 e. The first kappa shape index (κ1) is 21.6. The number of carbonyl (C=O) groups excluding carboxylic acids is 2. The summed E-state index contributed by atoms with van der Waals surface area (Å²) in [5.74, 6) is 1.05. The van der Waals surface area contributed by atoms with Gasteiger partial charge in [-0.2, -0.15) is 0 Å². The fourth-order valence-electron chi connectivity index (χ4n) is 5.53. The number of nitrogens with zero attached hydrogens (tertiary/aromatic N) is 2. The number of piperazine rings is 1. The number of nitrogens with one attached hydrogen (secondary N) is 1. The van der Waals surface area contributed by atoms with Gasteiger partial charge in [0.05, 0.1) is 6.04 Å². The number of hydrogen-bond acceptors (Lipinski definition) is 3. The number of anilines is 1. The van der Waals surface area contributed by atoms with E-state index in [4.69, 9.17) is 11.6 Å². The summed E-state index contributed by atoms with van der Waals surface area (Å²) in [5.41, 5.74) is 0.790. The van der Waals surface area contributed by atoms with Gasteiger partial charge in [0.25, 0.3) is 0 Å². The summed E-state index contributed by atoms with van der Waals surface area (Å²) in [6.07, 6.45) is 10.4. The molecule has 1 heterocycles. The van der Waals surface area contributed by atoms with Crippen LogP contribution in [0, 0.1) is 11.8 Å². The number of rotatable bonds is 5. The third kappa shape index (κ3) is 5.17. The van der Waals surface area contributed by atoms with Gasteiger partial charge in [-0.05, 0) is 55.9 Å². The normalized spacial score (nSPS) is 22.8. The van der Waals surface area contributed by atoms with Gasteiger partial charge in [0.2, 0.25) is 11.8 Å². The van der Waals surface area contributed by atoms with E-state index >= 15 is 0 Å². The maximum absolute atomic E-state index is 13.3. The quantitative estimate of drug-likeness (QED) is 0.743. The van der Waals surface area contributed by atoms with Crippen molar-refractivity contribution in [2.24, 2.45) is 11.8 Å². The Morgan fingerprint density at radius 2 is 1.47 bits per heavy atom. The van der Waals surface area contributed by atoms with Crippen molar-refractivity contribution in [1.29, 1.82) is 0 Å². The minimum Gasteiger partial charge on any atom is -0.340 e. The van der Waals surface area contributed by atoms with Gasteiger partial charge in [0.1, 0.15) is 0 Å². The Bertz CT molecular complexity index is 718. The first-order chi connectivity index (χ1) is 14.6. The molecule has 2 amide bonds. The lowest BCUT2D eigenvalue weighted by Gasteiger charge is -2.41. The molecular formula is C24H34ClN3O2. The predicted molar refractivity (Wildman–Crippen MR) is 121 cm³/mol. The third-order valence-electron chi connectivity index (χ3n) is 7.20. The topological polar surface area (TPSA) is 52.7 Å². The van der Waals surface area contributed by atoms with E-state index in [1.165, 1.54) is 32.1 Å². The molecule has 2 aliphatic carbocycles. The summed E-state index contributed by atoms with van der Waals surface area (Å²) in [6.45, 7) is 3.06. The van der Waals surface area contributed by atoms with Crippen molar-refractivity contribution in [2.75, 3.05) is 31.5 Å². The molecule has 0 bridgehead atoms. The summed E-state index contributed by atoms with van der Waals surface area (Å²) in [7, 11) is 0. The van der Waals surface area contributed by atoms with E-state index in [1.54, 1.807) is 12.1 Å². The van der Waals surface area contributed by atoms with Gasteiger partial charge >= 0.3 is 0 Å². The third-order valence-corrected chi connectivity index (χ3v) is 7.45. The molecule has 0 radical (unpaired) electrons. The van der Waals surface area contributed by atoms with Crippen molar-refractivity contribution in [1.82, 2.24) is 9.80 Å². The first-order valence-electron chi connectivity index (χ1n) is 11.7. The summed E-state index contributed by atoms with van der Waals surface area (Å²) in [4.78, 5) is 30.6. The van der Waals surface area contributed by atoms with E-state index in [0.717, 1.165) is 57.5 Å². The number of benzene rings is 1. The SMILES string of the molecule is O=C(Nc1ccc(Cl)cc1)[C@@H](C1CCCC1)N1CCN(C(=O)C2CCCCC2)CC1. The Hall–Kier alpha value is -1.59. The van der Waals surface area contributed by atoms with Crippen molar-refractivity contribution in [3.05, 3.63) is 29.3 Å². The molecule has 5 nitrogen and oxygen atoms in total. The molecule has 2 saturated carbocycles. The second kappa shape index (κ2) is 10.1. The number of amides is 2. The van der Waals surface area contributed by atoms with E-state index in [1.807, 2.05) is 12.1 Å². The van der Waals surface area contributed by atoms with Crippen molar-refractivity contribution < 1.29 is 9.59 Å². The maximum atomic E-state index is 13.3. The van der Waals surface area contributed by atoms with Crippen molar-refractivity contribution in [2.45, 2.75) is 63.8 Å². The summed E-state index contributed by atoms with van der Waals surface area (Å²) in [5, 5.41) is 3.78. The highest BCUT2D eigenvalue weighted by Gasteiger charge is 2.38. The van der Waals surface area contributed by atoms with Crippen LogP contribution in [0.5, 0.6) is 0 Å². The van der Waals surface area contributed by atoms with E-state index in [0.29, 0.717) is 16.8 Å². The van der Waals surface area contributed by atoms with Crippen molar-refractivity contribution >= 4 is 29.1 Å². The van der Waals surface area contributed by atoms with Gasteiger partial charge in [0, 0.05) is 42.8 Å². The zero-order valence-electron chi connectivity index (χ0n) is 17.8. The predicted octanol–water partition coefficient (Wildman–Crippen LogP) is 4.56. The molecule has 3 aliphatic rings. The minimum atomic E-state index is -0.116. The molecule has 164 valence electrons. The number of hydrogen-bond donors (Lipinski definition) is 1. The highest BCUT2D eigenvalue weighted by molar-refractivity contribution is 6.30. The van der Waals surface area contributed by atoms with Crippen molar-refractivity contribution in [3.63, 3.8) is 0 Å². The van der Waals surface area contributed by atoms with Crippen LogP contribution in [-0.4, -0.2) is 53.8 Å². The molecule has 1 aliphatic heterocycles. The van der Waals surface area contributed by atoms with Gasteiger partial charge < -0.3 is 10.2 Å². The van der Waals surface area contributed by atoms with Crippen LogP contribution in [0.3, 0.4) is 0 Å². The van der Waals surface area contributed by atoms with Gasteiger partial charge in [-0.3, -0.25) is 14.5 Å². The second-order valence-electron chi connectivity index (χ2n) is 9.18. The zero-order valence-corrected chi connectivity index (χ0v) is 18.6. The summed E-state index contributed by atoms with van der Waals surface area (Å²) < 4.78 is 0. The molecule has 1 aromatic carbocycles. The highest BCUT2D eigenvalue weighted by atomic mass is 35.5. The lowest BCUT2D eigenvalue weighted by molar-refractivity contribution is -0.139. The molecule has 1 aromatic rings. The fourth-order valence-corrected chi connectivity index (χ4v) is 5.65. The molecule has 1 saturated heterocycles. The lowest BCUT2D eigenvalue weighted by Crippen LogP contribution is -2.57. The average Bonchev–Trinajstić information content (AvgIpc) is 3.30. The van der Waals surface area contributed by atoms with Crippen LogP contribution >= 0.6 is 11.6 Å². The molecule has 0 aromatic heterocycles. The summed E-state index contributed by atoms with van der Waals surface area (Å²) in [6, 6.07) is 7.20. The Labute approximate surface area is 185 Å². The van der Waals surface area contributed by atoms with E-state index in [2.05, 4.69) is 15.1 Å². The molecule has 0 spiro atoms. The average molecular weight is 432 g/mol. The minimum absolute atomic E-state index is 0.0799. The van der Waals surface area contributed by atoms with Crippen LogP contribution in [0.2, 0.25) is 5.02 Å². The number of carbonyl (C=O) groups is 2. The second-order valence-corrected chi connectivity index (χ2v) is 9.62. The van der Waals surface area contributed by atoms with Crippen LogP contribution in [0.15, 0.2) is 24.3 Å². The van der Waals surface area contributed by atoms with Gasteiger partial charge in [-0.1, -0.05) is 43.7 Å². The summed E-state index contributed by atoms with van der Waals surface area (Å²) >= 11 is 5.98. The molecule has 0 unspecified atom stereocenters. The standard InChI is InChI=1S/C24H34ClN3O2/c25-20-10-12-21(13-11-20)26-23(29)22(18-6-4-5-7-18)27-14-16-28(17-15-27)24(30)19-8-2-1-3-9-19/h10-13,18-19,22H,1-9,14-17H2,(H,26,29)/t22-/m1/s1. The van der Waals surface area contributed by atoms with E-state index in [9.17, 15) is 9.59 Å². The first-order valence-corrected chi connectivity index (χ1v) is 12.1. The Morgan fingerprint density at radius 1 is 0.867 bits per heavy atom. The van der Waals surface area contributed by atoms with Crippen molar-refractivity contribution in [3.8, 4) is 0 Å². The van der Waals surface area contributed by atoms with Gasteiger partial charge in [0.15, 0.2) is 0 Å². The van der Waals surface area contributed by atoms with Gasteiger partial charge in [-0.25, -0.2) is 0 Å². The van der Waals surface area contributed by atoms with Crippen LogP contribution in [-0.2, 0) is 9.59 Å². The maximum Gasteiger partial charge on any atom is 0.242 e. The van der Waals surface area contributed by atoms with Crippen LogP contribution < -0.4 is 5.32 Å². The van der Waals surface area contributed by atoms with Crippen LogP contribution in [0.25, 0.3) is 0 Å². The molecule has 3 fully saturated rings. The smallest absolute Gasteiger partial charge is 0.242 e. The Balaban J connectivity index is 1.38. The van der Waals surface area contributed by atoms with Crippen LogP contribution in [0.1, 0.15) is 57.8 Å². The molecule has 1 N–H and O–H groups in total. The van der Waals surface area contributed by atoms with Crippen LogP contribution in [0.4, 0.5) is 5.69 Å². The molecule has 30 heavy (non-hydrogen) atoms. The highest BCUT2D eigenvalue weighted by Crippen LogP contribution is 2.32. The Kier molecular flexibility index (Phi) is 7.32. The van der Waals surface area contributed by atoms with E-state index in [-0.39, 0.29) is 17.9 Å². The zero-order chi connectivity index (χ0) is 20.9.